The molecule has 4 rings (SSSR count). The summed E-state index contributed by atoms with van der Waals surface area (Å²) >= 11 is 6.04. The van der Waals surface area contributed by atoms with Crippen LogP contribution in [-0.4, -0.2) is 34.7 Å². The predicted octanol–water partition coefficient (Wildman–Crippen LogP) is 3.62. The van der Waals surface area contributed by atoms with E-state index in [0.717, 1.165) is 44.3 Å². The minimum absolute atomic E-state index is 0.0489. The Hall–Kier alpha value is -2.41. The van der Waals surface area contributed by atoms with E-state index in [4.69, 9.17) is 11.6 Å². The number of aryl methyl sites for hydroxylation is 1. The zero-order chi connectivity index (χ0) is 22.0. The third kappa shape index (κ3) is 4.47. The number of halogens is 2. The van der Waals surface area contributed by atoms with E-state index in [-0.39, 0.29) is 28.6 Å². The molecule has 166 valence electrons. The Morgan fingerprint density at radius 3 is 2.81 bits per heavy atom. The molecule has 0 radical (unpaired) electrons. The first kappa shape index (κ1) is 21.8. The maximum absolute atomic E-state index is 14.8. The van der Waals surface area contributed by atoms with Gasteiger partial charge in [0.05, 0.1) is 22.5 Å². The van der Waals surface area contributed by atoms with E-state index in [2.05, 4.69) is 15.7 Å². The van der Waals surface area contributed by atoms with Crippen molar-refractivity contribution in [1.82, 2.24) is 20.4 Å². The van der Waals surface area contributed by atoms with E-state index in [9.17, 15) is 14.0 Å². The molecule has 1 aliphatic carbocycles. The second kappa shape index (κ2) is 8.99. The van der Waals surface area contributed by atoms with Crippen molar-refractivity contribution in [3.63, 3.8) is 0 Å². The van der Waals surface area contributed by atoms with Crippen molar-refractivity contribution in [2.24, 2.45) is 5.92 Å². The van der Waals surface area contributed by atoms with Gasteiger partial charge in [0.25, 0.3) is 5.91 Å². The molecule has 0 bridgehead atoms. The van der Waals surface area contributed by atoms with Gasteiger partial charge in [-0.15, -0.1) is 0 Å². The molecule has 1 unspecified atom stereocenters. The standard InChI is InChI=1S/C23H28ClFN4O2/c1-15(30)26-12-16-7-10-29-20(11-16)17(13-28-29)22(31)27-14-23(8-2-3-9-23)18-5-4-6-19(24)21(18)25/h4-6,13,16H,2-3,7-12,14H2,1H3,(H,26,30)(H,27,31). The van der Waals surface area contributed by atoms with Crippen molar-refractivity contribution < 1.29 is 14.0 Å². The molecule has 2 N–H and O–H groups in total. The topological polar surface area (TPSA) is 76.0 Å². The van der Waals surface area contributed by atoms with Crippen LogP contribution in [0.3, 0.4) is 0 Å². The van der Waals surface area contributed by atoms with Crippen LogP contribution in [0, 0.1) is 11.7 Å². The van der Waals surface area contributed by atoms with Crippen molar-refractivity contribution in [2.45, 2.75) is 57.4 Å². The highest BCUT2D eigenvalue weighted by atomic mass is 35.5. The van der Waals surface area contributed by atoms with Crippen molar-refractivity contribution in [3.05, 3.63) is 52.1 Å². The average Bonchev–Trinajstić information content (AvgIpc) is 3.40. The van der Waals surface area contributed by atoms with Gasteiger partial charge < -0.3 is 10.6 Å². The minimum atomic E-state index is -0.439. The monoisotopic (exact) mass is 446 g/mol. The Morgan fingerprint density at radius 1 is 1.29 bits per heavy atom. The van der Waals surface area contributed by atoms with Crippen LogP contribution in [0.4, 0.5) is 4.39 Å². The zero-order valence-corrected chi connectivity index (χ0v) is 18.5. The first-order valence-corrected chi connectivity index (χ1v) is 11.3. The lowest BCUT2D eigenvalue weighted by Crippen LogP contribution is -2.40. The normalized spacial score (nSPS) is 19.6. The number of nitrogens with one attached hydrogen (secondary N) is 2. The number of hydrogen-bond donors (Lipinski definition) is 2. The van der Waals surface area contributed by atoms with Crippen LogP contribution in [0.25, 0.3) is 0 Å². The number of hydrogen-bond acceptors (Lipinski definition) is 3. The Kier molecular flexibility index (Phi) is 6.32. The van der Waals surface area contributed by atoms with Gasteiger partial charge in [-0.3, -0.25) is 14.3 Å². The van der Waals surface area contributed by atoms with Crippen LogP contribution >= 0.6 is 11.6 Å². The minimum Gasteiger partial charge on any atom is -0.356 e. The number of nitrogens with zero attached hydrogens (tertiary/aromatic N) is 2. The lowest BCUT2D eigenvalue weighted by molar-refractivity contribution is -0.119. The van der Waals surface area contributed by atoms with E-state index in [1.807, 2.05) is 4.68 Å². The first-order valence-electron chi connectivity index (χ1n) is 10.9. The van der Waals surface area contributed by atoms with Crippen molar-refractivity contribution in [2.75, 3.05) is 13.1 Å². The third-order valence-electron chi connectivity index (χ3n) is 6.74. The Labute approximate surface area is 186 Å². The third-order valence-corrected chi connectivity index (χ3v) is 7.03. The summed E-state index contributed by atoms with van der Waals surface area (Å²) in [6.45, 7) is 3.19. The van der Waals surface area contributed by atoms with Crippen LogP contribution < -0.4 is 10.6 Å². The fraction of sp³-hybridized carbons (Fsp3) is 0.522. The maximum Gasteiger partial charge on any atom is 0.254 e. The second-order valence-electron chi connectivity index (χ2n) is 8.80. The molecule has 31 heavy (non-hydrogen) atoms. The summed E-state index contributed by atoms with van der Waals surface area (Å²) < 4.78 is 16.7. The van der Waals surface area contributed by atoms with E-state index >= 15 is 0 Å². The molecule has 8 heteroatoms. The SMILES string of the molecule is CC(=O)NCC1CCn2ncc(C(=O)NCC3(c4cccc(Cl)c4F)CCCC3)c2C1. The summed E-state index contributed by atoms with van der Waals surface area (Å²) in [4.78, 5) is 24.3. The summed E-state index contributed by atoms with van der Waals surface area (Å²) in [5, 5.41) is 10.4. The number of rotatable bonds is 6. The molecule has 2 amide bonds. The van der Waals surface area contributed by atoms with E-state index in [1.165, 1.54) is 6.92 Å². The predicted molar refractivity (Wildman–Crippen MR) is 117 cm³/mol. The molecule has 0 spiro atoms. The van der Waals surface area contributed by atoms with Crippen LogP contribution in [0.1, 0.15) is 60.6 Å². The Balaban J connectivity index is 1.48. The number of carbonyl (C=O) groups excluding carboxylic acids is 2. The molecule has 0 saturated heterocycles. The zero-order valence-electron chi connectivity index (χ0n) is 17.7. The highest BCUT2D eigenvalue weighted by Crippen LogP contribution is 2.42. The molecule has 2 aliphatic rings. The molecule has 6 nitrogen and oxygen atoms in total. The lowest BCUT2D eigenvalue weighted by Gasteiger charge is -2.30. The summed E-state index contributed by atoms with van der Waals surface area (Å²) in [7, 11) is 0. The smallest absolute Gasteiger partial charge is 0.254 e. The summed E-state index contributed by atoms with van der Waals surface area (Å²) in [5.74, 6) is -0.340. The second-order valence-corrected chi connectivity index (χ2v) is 9.20. The summed E-state index contributed by atoms with van der Waals surface area (Å²) in [6, 6.07) is 5.11. The number of benzene rings is 1. The molecule has 1 aromatic heterocycles. The van der Waals surface area contributed by atoms with Gasteiger partial charge in [0, 0.05) is 32.0 Å². The highest BCUT2D eigenvalue weighted by Gasteiger charge is 2.39. The molecular weight excluding hydrogens is 419 g/mol. The van der Waals surface area contributed by atoms with Crippen LogP contribution in [0.2, 0.25) is 5.02 Å². The molecule has 1 saturated carbocycles. The van der Waals surface area contributed by atoms with Crippen molar-refractivity contribution in [1.29, 1.82) is 0 Å². The molecule has 1 aliphatic heterocycles. The Bertz CT molecular complexity index is 984. The van der Waals surface area contributed by atoms with Gasteiger partial charge in [-0.1, -0.05) is 36.6 Å². The van der Waals surface area contributed by atoms with Gasteiger partial charge in [0.1, 0.15) is 5.82 Å². The van der Waals surface area contributed by atoms with Gasteiger partial charge in [0.2, 0.25) is 5.91 Å². The van der Waals surface area contributed by atoms with E-state index in [0.29, 0.717) is 30.6 Å². The van der Waals surface area contributed by atoms with E-state index in [1.54, 1.807) is 24.4 Å². The summed E-state index contributed by atoms with van der Waals surface area (Å²) in [6.07, 6.45) is 6.84. The molecule has 2 heterocycles. The lowest BCUT2D eigenvalue weighted by atomic mass is 9.78. The van der Waals surface area contributed by atoms with Gasteiger partial charge in [-0.2, -0.15) is 5.10 Å². The van der Waals surface area contributed by atoms with Gasteiger partial charge in [0.15, 0.2) is 0 Å². The highest BCUT2D eigenvalue weighted by molar-refractivity contribution is 6.30. The number of amides is 2. The maximum atomic E-state index is 14.8. The quantitative estimate of drug-likeness (QED) is 0.711. The molecule has 1 atom stereocenters. The number of carbonyl (C=O) groups is 2. The molecule has 2 aromatic rings. The van der Waals surface area contributed by atoms with Crippen molar-refractivity contribution in [3.8, 4) is 0 Å². The van der Waals surface area contributed by atoms with Gasteiger partial charge in [-0.05, 0) is 43.2 Å². The number of fused-ring (bicyclic) bond motifs is 1. The van der Waals surface area contributed by atoms with Gasteiger partial charge >= 0.3 is 0 Å². The van der Waals surface area contributed by atoms with E-state index < -0.39 is 5.41 Å². The largest absolute Gasteiger partial charge is 0.356 e. The first-order chi connectivity index (χ1) is 14.9. The molecule has 1 fully saturated rings. The van der Waals surface area contributed by atoms with Crippen LogP contribution in [0.15, 0.2) is 24.4 Å². The number of aromatic nitrogens is 2. The fourth-order valence-electron chi connectivity index (χ4n) is 5.00. The average molecular weight is 447 g/mol. The molecular formula is C23H28ClFN4O2. The molecule has 1 aromatic carbocycles. The van der Waals surface area contributed by atoms with Crippen LogP contribution in [0.5, 0.6) is 0 Å². The van der Waals surface area contributed by atoms with Crippen molar-refractivity contribution >= 4 is 23.4 Å². The summed E-state index contributed by atoms with van der Waals surface area (Å²) in [5.41, 5.74) is 1.61. The van der Waals surface area contributed by atoms with Crippen LogP contribution in [-0.2, 0) is 23.2 Å². The van der Waals surface area contributed by atoms with Gasteiger partial charge in [-0.25, -0.2) is 4.39 Å². The Morgan fingerprint density at radius 2 is 2.06 bits per heavy atom. The fourth-order valence-corrected chi connectivity index (χ4v) is 5.18.